The summed E-state index contributed by atoms with van der Waals surface area (Å²) in [5, 5.41) is 5.58. The summed E-state index contributed by atoms with van der Waals surface area (Å²) >= 11 is 5.13. The lowest BCUT2D eigenvalue weighted by Gasteiger charge is -2.22. The van der Waals surface area contributed by atoms with Crippen LogP contribution in [-0.4, -0.2) is 0 Å². The quantitative estimate of drug-likeness (QED) is 0.762. The second kappa shape index (κ2) is 6.64. The molecule has 0 fully saturated rings. The van der Waals surface area contributed by atoms with Crippen LogP contribution in [0.5, 0.6) is 0 Å². The molecule has 2 atom stereocenters. The van der Waals surface area contributed by atoms with E-state index in [1.54, 1.807) is 17.4 Å². The molecule has 2 unspecified atom stereocenters. The van der Waals surface area contributed by atoms with Crippen molar-refractivity contribution in [3.05, 3.63) is 56.4 Å². The Bertz CT molecular complexity index is 527. The molecule has 0 aliphatic rings. The van der Waals surface area contributed by atoms with Gasteiger partial charge in [0, 0.05) is 27.0 Å². The zero-order valence-electron chi connectivity index (χ0n) is 11.0. The molecule has 0 bridgehead atoms. The number of rotatable bonds is 5. The highest BCUT2D eigenvalue weighted by atomic mass is 79.9. The van der Waals surface area contributed by atoms with E-state index in [1.165, 1.54) is 10.9 Å². The predicted molar refractivity (Wildman–Crippen MR) is 83.0 cm³/mol. The van der Waals surface area contributed by atoms with E-state index in [4.69, 9.17) is 0 Å². The first-order chi connectivity index (χ1) is 9.11. The number of nitrogens with one attached hydrogen (secondary N) is 1. The van der Waals surface area contributed by atoms with Crippen molar-refractivity contribution in [1.82, 2.24) is 5.32 Å². The number of halogens is 2. The van der Waals surface area contributed by atoms with Gasteiger partial charge in [-0.25, -0.2) is 4.39 Å². The Balaban J connectivity index is 2.15. The lowest BCUT2D eigenvalue weighted by Crippen LogP contribution is -2.24. The van der Waals surface area contributed by atoms with Crippen molar-refractivity contribution >= 4 is 27.3 Å². The maximum Gasteiger partial charge on any atom is 0.128 e. The standard InChI is InChI=1S/C15H17BrFNS/c1-3-14(15-5-4-8-19-15)18-10(2)12-9-11(16)6-7-13(12)17/h4-10,14,18H,3H2,1-2H3. The summed E-state index contributed by atoms with van der Waals surface area (Å²) in [5.41, 5.74) is 0.699. The van der Waals surface area contributed by atoms with Gasteiger partial charge in [0.2, 0.25) is 0 Å². The number of hydrogen-bond acceptors (Lipinski definition) is 2. The van der Waals surface area contributed by atoms with Crippen LogP contribution in [0, 0.1) is 5.82 Å². The molecule has 0 amide bonds. The highest BCUT2D eigenvalue weighted by molar-refractivity contribution is 9.10. The summed E-state index contributed by atoms with van der Waals surface area (Å²) in [6, 6.07) is 9.49. The lowest BCUT2D eigenvalue weighted by molar-refractivity contribution is 0.447. The van der Waals surface area contributed by atoms with Crippen LogP contribution < -0.4 is 5.32 Å². The van der Waals surface area contributed by atoms with Crippen molar-refractivity contribution in [1.29, 1.82) is 0 Å². The van der Waals surface area contributed by atoms with Crippen LogP contribution >= 0.6 is 27.3 Å². The molecule has 4 heteroatoms. The van der Waals surface area contributed by atoms with Crippen LogP contribution in [0.2, 0.25) is 0 Å². The molecule has 2 aromatic rings. The van der Waals surface area contributed by atoms with Crippen molar-refractivity contribution in [2.24, 2.45) is 0 Å². The van der Waals surface area contributed by atoms with E-state index >= 15 is 0 Å². The van der Waals surface area contributed by atoms with Crippen LogP contribution in [0.3, 0.4) is 0 Å². The SMILES string of the molecule is CCC(NC(C)c1cc(Br)ccc1F)c1cccs1. The molecule has 0 aliphatic heterocycles. The van der Waals surface area contributed by atoms with Crippen molar-refractivity contribution in [3.8, 4) is 0 Å². The van der Waals surface area contributed by atoms with E-state index < -0.39 is 0 Å². The van der Waals surface area contributed by atoms with Gasteiger partial charge in [-0.05, 0) is 43.0 Å². The molecule has 1 heterocycles. The second-order valence-electron chi connectivity index (χ2n) is 4.53. The molecule has 1 nitrogen and oxygen atoms in total. The summed E-state index contributed by atoms with van der Waals surface area (Å²) in [7, 11) is 0. The van der Waals surface area contributed by atoms with Gasteiger partial charge in [0.25, 0.3) is 0 Å². The molecule has 0 aliphatic carbocycles. The van der Waals surface area contributed by atoms with Crippen LogP contribution in [0.15, 0.2) is 40.2 Å². The van der Waals surface area contributed by atoms with Gasteiger partial charge in [0.1, 0.15) is 5.82 Å². The highest BCUT2D eigenvalue weighted by Gasteiger charge is 2.17. The Morgan fingerprint density at radius 2 is 2.16 bits per heavy atom. The Hall–Kier alpha value is -0.710. The average molecular weight is 342 g/mol. The molecule has 1 N–H and O–H groups in total. The third kappa shape index (κ3) is 3.65. The maximum atomic E-state index is 13.9. The minimum Gasteiger partial charge on any atom is -0.303 e. The molecule has 102 valence electrons. The van der Waals surface area contributed by atoms with Crippen LogP contribution in [0.4, 0.5) is 4.39 Å². The fraction of sp³-hybridized carbons (Fsp3) is 0.333. The number of benzene rings is 1. The van der Waals surface area contributed by atoms with E-state index in [0.29, 0.717) is 5.56 Å². The largest absolute Gasteiger partial charge is 0.303 e. The Morgan fingerprint density at radius 3 is 2.79 bits per heavy atom. The predicted octanol–water partition coefficient (Wildman–Crippen LogP) is 5.45. The highest BCUT2D eigenvalue weighted by Crippen LogP contribution is 2.27. The van der Waals surface area contributed by atoms with Gasteiger partial charge in [0.05, 0.1) is 0 Å². The van der Waals surface area contributed by atoms with Gasteiger partial charge in [0.15, 0.2) is 0 Å². The lowest BCUT2D eigenvalue weighted by atomic mass is 10.1. The summed E-state index contributed by atoms with van der Waals surface area (Å²) in [4.78, 5) is 1.30. The van der Waals surface area contributed by atoms with Gasteiger partial charge in [-0.2, -0.15) is 0 Å². The summed E-state index contributed by atoms with van der Waals surface area (Å²) in [6.45, 7) is 4.14. The summed E-state index contributed by atoms with van der Waals surface area (Å²) in [6.07, 6.45) is 0.987. The fourth-order valence-electron chi connectivity index (χ4n) is 2.13. The Kier molecular flexibility index (Phi) is 5.13. The maximum absolute atomic E-state index is 13.9. The first-order valence-corrected chi connectivity index (χ1v) is 8.03. The summed E-state index contributed by atoms with van der Waals surface area (Å²) in [5.74, 6) is -0.163. The van der Waals surface area contributed by atoms with Crippen molar-refractivity contribution < 1.29 is 4.39 Å². The van der Waals surface area contributed by atoms with Crippen molar-refractivity contribution in [3.63, 3.8) is 0 Å². The second-order valence-corrected chi connectivity index (χ2v) is 6.43. The topological polar surface area (TPSA) is 12.0 Å². The van der Waals surface area contributed by atoms with E-state index in [9.17, 15) is 4.39 Å². The monoisotopic (exact) mass is 341 g/mol. The average Bonchev–Trinajstić information content (AvgIpc) is 2.92. The molecular weight excluding hydrogens is 325 g/mol. The van der Waals surface area contributed by atoms with E-state index in [-0.39, 0.29) is 17.9 Å². The first kappa shape index (κ1) is 14.7. The molecule has 19 heavy (non-hydrogen) atoms. The fourth-order valence-corrected chi connectivity index (χ4v) is 3.38. The third-order valence-corrected chi connectivity index (χ3v) is 4.65. The first-order valence-electron chi connectivity index (χ1n) is 6.36. The van der Waals surface area contributed by atoms with E-state index in [0.717, 1.165) is 10.9 Å². The van der Waals surface area contributed by atoms with Crippen molar-refractivity contribution in [2.45, 2.75) is 32.4 Å². The molecule has 2 rings (SSSR count). The van der Waals surface area contributed by atoms with Crippen LogP contribution in [0.25, 0.3) is 0 Å². The molecule has 0 spiro atoms. The minimum absolute atomic E-state index is 0.0236. The normalized spacial score (nSPS) is 14.3. The van der Waals surface area contributed by atoms with Gasteiger partial charge in [-0.15, -0.1) is 11.3 Å². The molecule has 1 aromatic heterocycles. The van der Waals surface area contributed by atoms with Gasteiger partial charge < -0.3 is 5.32 Å². The number of hydrogen-bond donors (Lipinski definition) is 1. The van der Waals surface area contributed by atoms with Crippen LogP contribution in [0.1, 0.15) is 42.8 Å². The molecule has 0 radical (unpaired) electrons. The van der Waals surface area contributed by atoms with Crippen LogP contribution in [-0.2, 0) is 0 Å². The molecule has 0 saturated heterocycles. The van der Waals surface area contributed by atoms with Gasteiger partial charge in [-0.3, -0.25) is 0 Å². The van der Waals surface area contributed by atoms with E-state index in [1.807, 2.05) is 13.0 Å². The number of thiophene rings is 1. The minimum atomic E-state index is -0.163. The Labute approximate surface area is 126 Å². The molecule has 0 saturated carbocycles. The third-order valence-electron chi connectivity index (χ3n) is 3.17. The molecule has 1 aromatic carbocycles. The Morgan fingerprint density at radius 1 is 1.37 bits per heavy atom. The van der Waals surface area contributed by atoms with E-state index in [2.05, 4.69) is 45.7 Å². The summed E-state index contributed by atoms with van der Waals surface area (Å²) < 4.78 is 14.8. The zero-order valence-corrected chi connectivity index (χ0v) is 13.4. The van der Waals surface area contributed by atoms with Crippen molar-refractivity contribution in [2.75, 3.05) is 0 Å². The zero-order chi connectivity index (χ0) is 13.8. The van der Waals surface area contributed by atoms with Gasteiger partial charge in [-0.1, -0.05) is 28.9 Å². The molecular formula is C15H17BrFNS. The smallest absolute Gasteiger partial charge is 0.128 e. The van der Waals surface area contributed by atoms with Gasteiger partial charge >= 0.3 is 0 Å².